The van der Waals surface area contributed by atoms with E-state index in [1.807, 2.05) is 25.3 Å². The van der Waals surface area contributed by atoms with Crippen molar-refractivity contribution in [3.63, 3.8) is 0 Å². The molecule has 0 fully saturated rings. The molecule has 0 saturated carbocycles. The minimum absolute atomic E-state index is 1.01. The lowest BCUT2D eigenvalue weighted by Crippen LogP contribution is -1.69. The second kappa shape index (κ2) is 8.08. The molecule has 0 aliphatic heterocycles. The van der Waals surface area contributed by atoms with Crippen molar-refractivity contribution in [2.45, 2.75) is 26.7 Å². The number of unbranched alkanes of at least 4 members (excludes halogenated alkanes) is 1. The van der Waals surface area contributed by atoms with Gasteiger partial charge in [-0.25, -0.2) is 0 Å². The number of hydrogen-bond donors (Lipinski definition) is 0. The van der Waals surface area contributed by atoms with E-state index in [4.69, 9.17) is 0 Å². The van der Waals surface area contributed by atoms with Gasteiger partial charge in [-0.3, -0.25) is 0 Å². The molecule has 0 aliphatic rings. The van der Waals surface area contributed by atoms with E-state index in [2.05, 4.69) is 17.1 Å². The third-order valence-electron chi connectivity index (χ3n) is 0.911. The third-order valence-corrected chi connectivity index (χ3v) is 0.911. The highest BCUT2D eigenvalue weighted by molar-refractivity contribution is 5.71. The van der Waals surface area contributed by atoms with Crippen molar-refractivity contribution in [1.29, 1.82) is 0 Å². The second-order valence-corrected chi connectivity index (χ2v) is 1.88. The topological polar surface area (TPSA) is 24.7 Å². The second-order valence-electron chi connectivity index (χ2n) is 1.88. The van der Waals surface area contributed by atoms with E-state index in [1.54, 1.807) is 6.21 Å². The molecule has 56 valence electrons. The van der Waals surface area contributed by atoms with Gasteiger partial charge in [0.25, 0.3) is 0 Å². The number of allylic oxidation sites excluding steroid dienone is 2. The number of hydrogen-bond acceptors (Lipinski definition) is 2. The summed E-state index contributed by atoms with van der Waals surface area (Å²) < 4.78 is 0. The Bertz CT molecular complexity index is 134. The van der Waals surface area contributed by atoms with Gasteiger partial charge < -0.3 is 0 Å². The van der Waals surface area contributed by atoms with E-state index >= 15 is 0 Å². The first-order valence-corrected chi connectivity index (χ1v) is 3.58. The molecule has 0 bridgehead atoms. The molecule has 0 heterocycles. The van der Waals surface area contributed by atoms with E-state index in [9.17, 15) is 0 Å². The summed E-state index contributed by atoms with van der Waals surface area (Å²) in [6.45, 7) is 4.06. The molecule has 0 aromatic rings. The van der Waals surface area contributed by atoms with Gasteiger partial charge in [0.05, 0.1) is 0 Å². The summed E-state index contributed by atoms with van der Waals surface area (Å²) in [5.74, 6) is 0. The Morgan fingerprint density at radius 2 is 2.10 bits per heavy atom. The van der Waals surface area contributed by atoms with Gasteiger partial charge in [-0.2, -0.15) is 10.2 Å². The average Bonchev–Trinajstić information content (AvgIpc) is 1.97. The molecular weight excluding hydrogens is 124 g/mol. The monoisotopic (exact) mass is 138 g/mol. The molecule has 0 aromatic heterocycles. The first-order chi connectivity index (χ1) is 4.91. The highest BCUT2D eigenvalue weighted by atomic mass is 15.2. The maximum atomic E-state index is 3.79. The van der Waals surface area contributed by atoms with Crippen LogP contribution in [-0.2, 0) is 0 Å². The molecule has 0 N–H and O–H groups in total. The number of nitrogens with zero attached hydrogens (tertiary/aromatic N) is 2. The third kappa shape index (κ3) is 7.08. The minimum Gasteiger partial charge on any atom is -0.164 e. The molecule has 0 radical (unpaired) electrons. The van der Waals surface area contributed by atoms with Crippen LogP contribution in [0.5, 0.6) is 0 Å². The Hall–Kier alpha value is -0.920. The Kier molecular flexibility index (Phi) is 7.34. The predicted molar refractivity (Wildman–Crippen MR) is 46.7 cm³/mol. The molecule has 0 amide bonds. The van der Waals surface area contributed by atoms with Crippen LogP contribution in [0.3, 0.4) is 0 Å². The Labute approximate surface area is 62.4 Å². The van der Waals surface area contributed by atoms with Crippen LogP contribution in [0, 0.1) is 0 Å². The SMILES string of the molecule is C\C=C/C=N\N=C/CCC. The molecule has 0 aliphatic carbocycles. The fourth-order valence-electron chi connectivity index (χ4n) is 0.397. The summed E-state index contributed by atoms with van der Waals surface area (Å²) in [5.41, 5.74) is 0. The van der Waals surface area contributed by atoms with Crippen LogP contribution in [0.4, 0.5) is 0 Å². The molecule has 2 heteroatoms. The summed E-state index contributed by atoms with van der Waals surface area (Å²) >= 11 is 0. The molecule has 0 aromatic carbocycles. The van der Waals surface area contributed by atoms with Crippen molar-refractivity contribution >= 4 is 12.4 Å². The van der Waals surface area contributed by atoms with Gasteiger partial charge in [0.15, 0.2) is 0 Å². The van der Waals surface area contributed by atoms with Crippen molar-refractivity contribution in [2.24, 2.45) is 10.2 Å². The van der Waals surface area contributed by atoms with Gasteiger partial charge >= 0.3 is 0 Å². The van der Waals surface area contributed by atoms with E-state index in [1.165, 1.54) is 0 Å². The largest absolute Gasteiger partial charge is 0.164 e. The zero-order chi connectivity index (χ0) is 7.66. The molecule has 0 unspecified atom stereocenters. The lowest BCUT2D eigenvalue weighted by Gasteiger charge is -1.78. The van der Waals surface area contributed by atoms with Crippen molar-refractivity contribution in [3.05, 3.63) is 12.2 Å². The molecule has 0 saturated heterocycles. The lowest BCUT2D eigenvalue weighted by molar-refractivity contribution is 1.00. The first kappa shape index (κ1) is 9.08. The molecule has 0 spiro atoms. The highest BCUT2D eigenvalue weighted by Gasteiger charge is 1.69. The van der Waals surface area contributed by atoms with Crippen LogP contribution in [0.1, 0.15) is 26.7 Å². The minimum atomic E-state index is 1.01. The van der Waals surface area contributed by atoms with Crippen LogP contribution < -0.4 is 0 Å². The zero-order valence-corrected chi connectivity index (χ0v) is 6.62. The lowest BCUT2D eigenvalue weighted by atomic mass is 10.4. The van der Waals surface area contributed by atoms with Crippen LogP contribution in [0.15, 0.2) is 22.4 Å². The highest BCUT2D eigenvalue weighted by Crippen LogP contribution is 1.80. The van der Waals surface area contributed by atoms with Crippen LogP contribution >= 0.6 is 0 Å². The molecule has 2 nitrogen and oxygen atoms in total. The Morgan fingerprint density at radius 1 is 1.30 bits per heavy atom. The maximum Gasteiger partial charge on any atom is 0.0492 e. The standard InChI is InChI=1S/C8H14N2/c1-3-5-7-9-10-8-6-4-2/h3,5,7-8H,4,6H2,1-2H3/b5-3-,9-7-,10-8-. The predicted octanol–water partition coefficient (Wildman–Crippen LogP) is 2.42. The molecule has 0 atom stereocenters. The first-order valence-electron chi connectivity index (χ1n) is 3.58. The normalized spacial score (nSPS) is 12.6. The summed E-state index contributed by atoms with van der Waals surface area (Å²) in [6, 6.07) is 0. The molecular formula is C8H14N2. The van der Waals surface area contributed by atoms with Crippen molar-refractivity contribution < 1.29 is 0 Å². The van der Waals surface area contributed by atoms with Crippen molar-refractivity contribution in [3.8, 4) is 0 Å². The van der Waals surface area contributed by atoms with Crippen LogP contribution in [0.25, 0.3) is 0 Å². The van der Waals surface area contributed by atoms with E-state index in [0.29, 0.717) is 0 Å². The summed E-state index contributed by atoms with van der Waals surface area (Å²) in [6.07, 6.45) is 9.39. The van der Waals surface area contributed by atoms with Crippen molar-refractivity contribution in [2.75, 3.05) is 0 Å². The fraction of sp³-hybridized carbons (Fsp3) is 0.500. The van der Waals surface area contributed by atoms with Gasteiger partial charge in [-0.15, -0.1) is 0 Å². The number of rotatable bonds is 4. The van der Waals surface area contributed by atoms with E-state index in [0.717, 1.165) is 12.8 Å². The summed E-state index contributed by atoms with van der Waals surface area (Å²) in [7, 11) is 0. The smallest absolute Gasteiger partial charge is 0.0492 e. The average molecular weight is 138 g/mol. The maximum absolute atomic E-state index is 3.79. The Balaban J connectivity index is 3.32. The van der Waals surface area contributed by atoms with Gasteiger partial charge in [0, 0.05) is 12.4 Å². The fourth-order valence-corrected chi connectivity index (χ4v) is 0.397. The molecule has 10 heavy (non-hydrogen) atoms. The van der Waals surface area contributed by atoms with Gasteiger partial charge in [-0.05, 0) is 19.4 Å². The quantitative estimate of drug-likeness (QED) is 0.421. The van der Waals surface area contributed by atoms with Gasteiger partial charge in [-0.1, -0.05) is 19.4 Å². The van der Waals surface area contributed by atoms with Crippen molar-refractivity contribution in [1.82, 2.24) is 0 Å². The molecule has 0 rings (SSSR count). The van der Waals surface area contributed by atoms with Gasteiger partial charge in [0.2, 0.25) is 0 Å². The van der Waals surface area contributed by atoms with E-state index < -0.39 is 0 Å². The zero-order valence-electron chi connectivity index (χ0n) is 6.62. The summed E-state index contributed by atoms with van der Waals surface area (Å²) in [4.78, 5) is 0. The van der Waals surface area contributed by atoms with Crippen LogP contribution in [-0.4, -0.2) is 12.4 Å². The van der Waals surface area contributed by atoms with Gasteiger partial charge in [0.1, 0.15) is 0 Å². The Morgan fingerprint density at radius 3 is 2.70 bits per heavy atom. The van der Waals surface area contributed by atoms with Crippen LogP contribution in [0.2, 0.25) is 0 Å². The summed E-state index contributed by atoms with van der Waals surface area (Å²) in [5, 5.41) is 7.55. The van der Waals surface area contributed by atoms with E-state index in [-0.39, 0.29) is 0 Å².